The topological polar surface area (TPSA) is 77.0 Å². The Balaban J connectivity index is 1.96. The molecular formula is C15H11ClFN5O2. The highest BCUT2D eigenvalue weighted by Crippen LogP contribution is 2.34. The largest absolute Gasteiger partial charge is 0.338 e. The number of benzene rings is 1. The Bertz CT molecular complexity index is 938. The number of hydrogen-bond acceptors (Lipinski definition) is 5. The van der Waals surface area contributed by atoms with E-state index in [0.717, 1.165) is 0 Å². The third-order valence-corrected chi connectivity index (χ3v) is 4.19. The molecule has 7 nitrogen and oxygen atoms in total. The number of imidazole rings is 1. The van der Waals surface area contributed by atoms with Gasteiger partial charge in [-0.15, -0.1) is 11.6 Å². The van der Waals surface area contributed by atoms with Crippen LogP contribution in [0.1, 0.15) is 33.8 Å². The SMILES string of the molecule is CN1C(=O)c2c(F)cccc2-n2cncc2C1c1noc(CCl)n1. The van der Waals surface area contributed by atoms with Crippen molar-refractivity contribution in [3.8, 4) is 5.69 Å². The van der Waals surface area contributed by atoms with Crippen molar-refractivity contribution in [3.05, 3.63) is 59.5 Å². The molecule has 0 saturated heterocycles. The normalized spacial score (nSPS) is 16.7. The molecule has 1 aliphatic heterocycles. The van der Waals surface area contributed by atoms with Crippen LogP contribution in [0.5, 0.6) is 0 Å². The minimum atomic E-state index is -0.674. The molecule has 1 atom stereocenters. The first-order chi connectivity index (χ1) is 11.6. The molecule has 3 aromatic rings. The number of alkyl halides is 1. The second-order valence-electron chi connectivity index (χ2n) is 5.32. The highest BCUT2D eigenvalue weighted by Gasteiger charge is 2.37. The summed E-state index contributed by atoms with van der Waals surface area (Å²) in [7, 11) is 1.56. The second-order valence-corrected chi connectivity index (χ2v) is 5.59. The standard InChI is InChI=1S/C15H11ClFN5O2/c1-21-13(14-19-11(5-16)24-20-14)10-6-18-7-22(10)9-4-2-3-8(17)12(9)15(21)23/h2-4,6-7,13H,5H2,1H3. The minimum Gasteiger partial charge on any atom is -0.338 e. The van der Waals surface area contributed by atoms with Gasteiger partial charge in [0.25, 0.3) is 5.91 Å². The summed E-state index contributed by atoms with van der Waals surface area (Å²) in [6, 6.07) is 3.79. The molecule has 1 unspecified atom stereocenters. The number of aromatic nitrogens is 4. The molecule has 122 valence electrons. The van der Waals surface area contributed by atoms with Crippen molar-refractivity contribution in [3.63, 3.8) is 0 Å². The first-order valence-electron chi connectivity index (χ1n) is 7.08. The Morgan fingerprint density at radius 2 is 2.25 bits per heavy atom. The van der Waals surface area contributed by atoms with Crippen molar-refractivity contribution < 1.29 is 13.7 Å². The molecule has 0 saturated carbocycles. The van der Waals surface area contributed by atoms with Crippen molar-refractivity contribution in [1.82, 2.24) is 24.6 Å². The highest BCUT2D eigenvalue weighted by molar-refractivity contribution is 6.16. The highest BCUT2D eigenvalue weighted by atomic mass is 35.5. The quantitative estimate of drug-likeness (QED) is 0.665. The summed E-state index contributed by atoms with van der Waals surface area (Å²) in [6.45, 7) is 0. The molecule has 1 amide bonds. The number of amides is 1. The lowest BCUT2D eigenvalue weighted by Gasteiger charge is -2.23. The van der Waals surface area contributed by atoms with Gasteiger partial charge in [-0.2, -0.15) is 4.98 Å². The zero-order chi connectivity index (χ0) is 16.8. The van der Waals surface area contributed by atoms with Gasteiger partial charge in [-0.3, -0.25) is 9.36 Å². The number of halogens is 2. The fraction of sp³-hybridized carbons (Fsp3) is 0.200. The minimum absolute atomic E-state index is 0.0252. The average Bonchev–Trinajstić information content (AvgIpc) is 3.22. The number of hydrogen-bond donors (Lipinski definition) is 0. The maximum absolute atomic E-state index is 14.3. The molecule has 0 bridgehead atoms. The van der Waals surface area contributed by atoms with E-state index < -0.39 is 17.8 Å². The van der Waals surface area contributed by atoms with E-state index >= 15 is 0 Å². The van der Waals surface area contributed by atoms with Crippen molar-refractivity contribution in [1.29, 1.82) is 0 Å². The Morgan fingerprint density at radius 3 is 3.00 bits per heavy atom. The van der Waals surface area contributed by atoms with Crippen molar-refractivity contribution in [2.24, 2.45) is 0 Å². The number of nitrogens with zero attached hydrogens (tertiary/aromatic N) is 5. The van der Waals surface area contributed by atoms with Crippen LogP contribution in [0.4, 0.5) is 4.39 Å². The molecule has 4 rings (SSSR count). The zero-order valence-electron chi connectivity index (χ0n) is 12.5. The van der Waals surface area contributed by atoms with Crippen LogP contribution < -0.4 is 0 Å². The van der Waals surface area contributed by atoms with Crippen LogP contribution in [0, 0.1) is 5.82 Å². The smallest absolute Gasteiger partial charge is 0.259 e. The number of rotatable bonds is 2. The lowest BCUT2D eigenvalue weighted by atomic mass is 10.1. The van der Waals surface area contributed by atoms with Crippen LogP contribution in [-0.2, 0) is 5.88 Å². The summed E-state index contributed by atoms with van der Waals surface area (Å²) in [4.78, 5) is 22.5. The van der Waals surface area contributed by atoms with Gasteiger partial charge in [0, 0.05) is 7.05 Å². The Kier molecular flexibility index (Phi) is 3.34. The van der Waals surface area contributed by atoms with Gasteiger partial charge in [-0.25, -0.2) is 9.37 Å². The summed E-state index contributed by atoms with van der Waals surface area (Å²) < 4.78 is 21.0. The summed E-state index contributed by atoms with van der Waals surface area (Å²) in [5, 5.41) is 3.90. The lowest BCUT2D eigenvalue weighted by Crippen LogP contribution is -2.32. The fourth-order valence-electron chi connectivity index (χ4n) is 2.86. The monoisotopic (exact) mass is 347 g/mol. The van der Waals surface area contributed by atoms with Crippen molar-refractivity contribution in [2.75, 3.05) is 7.05 Å². The molecule has 24 heavy (non-hydrogen) atoms. The second kappa shape index (κ2) is 5.41. The summed E-state index contributed by atoms with van der Waals surface area (Å²) in [5.74, 6) is -0.512. The third-order valence-electron chi connectivity index (χ3n) is 3.96. The molecule has 1 aliphatic rings. The van der Waals surface area contributed by atoms with Gasteiger partial charge in [0.1, 0.15) is 17.7 Å². The van der Waals surface area contributed by atoms with E-state index in [1.54, 1.807) is 29.9 Å². The number of fused-ring (bicyclic) bond motifs is 3. The lowest BCUT2D eigenvalue weighted by molar-refractivity contribution is 0.0747. The molecule has 9 heteroatoms. The predicted molar refractivity (Wildman–Crippen MR) is 81.3 cm³/mol. The van der Waals surface area contributed by atoms with E-state index in [-0.39, 0.29) is 23.2 Å². The van der Waals surface area contributed by atoms with Gasteiger partial charge in [-0.1, -0.05) is 11.2 Å². The molecule has 0 radical (unpaired) electrons. The van der Waals surface area contributed by atoms with E-state index in [0.29, 0.717) is 11.4 Å². The summed E-state index contributed by atoms with van der Waals surface area (Å²) >= 11 is 5.71. The maximum atomic E-state index is 14.3. The molecular weight excluding hydrogens is 337 g/mol. The Morgan fingerprint density at radius 1 is 1.42 bits per heavy atom. The van der Waals surface area contributed by atoms with Gasteiger partial charge < -0.3 is 9.42 Å². The van der Waals surface area contributed by atoms with Crippen LogP contribution in [0.25, 0.3) is 5.69 Å². The zero-order valence-corrected chi connectivity index (χ0v) is 13.2. The predicted octanol–water partition coefficient (Wildman–Crippen LogP) is 2.31. The van der Waals surface area contributed by atoms with Crippen LogP contribution in [0.2, 0.25) is 0 Å². The van der Waals surface area contributed by atoms with Crippen molar-refractivity contribution in [2.45, 2.75) is 11.9 Å². The number of carbonyl (C=O) groups is 1. The Labute approximate surface area is 140 Å². The number of carbonyl (C=O) groups excluding carboxylic acids is 1. The van der Waals surface area contributed by atoms with Gasteiger partial charge in [0.15, 0.2) is 0 Å². The molecule has 2 aromatic heterocycles. The first kappa shape index (κ1) is 14.8. The Hall–Kier alpha value is -2.74. The molecule has 3 heterocycles. The van der Waals surface area contributed by atoms with Gasteiger partial charge in [0.2, 0.25) is 11.7 Å². The first-order valence-corrected chi connectivity index (χ1v) is 7.62. The molecule has 1 aromatic carbocycles. The maximum Gasteiger partial charge on any atom is 0.259 e. The van der Waals surface area contributed by atoms with E-state index in [4.69, 9.17) is 16.1 Å². The van der Waals surface area contributed by atoms with Crippen molar-refractivity contribution >= 4 is 17.5 Å². The molecule has 0 aliphatic carbocycles. The molecule has 0 spiro atoms. The third kappa shape index (κ3) is 2.03. The van der Waals surface area contributed by atoms with Crippen LogP contribution in [0.15, 0.2) is 35.2 Å². The molecule has 0 fully saturated rings. The van der Waals surface area contributed by atoms with E-state index in [9.17, 15) is 9.18 Å². The van der Waals surface area contributed by atoms with Gasteiger partial charge >= 0.3 is 0 Å². The van der Waals surface area contributed by atoms with Crippen LogP contribution in [-0.4, -0.2) is 37.5 Å². The summed E-state index contributed by atoms with van der Waals surface area (Å²) in [5.41, 5.74) is 1.02. The molecule has 0 N–H and O–H groups in total. The van der Waals surface area contributed by atoms with Gasteiger partial charge in [0.05, 0.1) is 29.5 Å². The summed E-state index contributed by atoms with van der Waals surface area (Å²) in [6.07, 6.45) is 3.11. The average molecular weight is 348 g/mol. The van der Waals surface area contributed by atoms with Crippen LogP contribution in [0.3, 0.4) is 0 Å². The fourth-order valence-corrected chi connectivity index (χ4v) is 2.97. The van der Waals surface area contributed by atoms with E-state index in [1.165, 1.54) is 17.3 Å². The van der Waals surface area contributed by atoms with Crippen LogP contribution >= 0.6 is 11.6 Å². The van der Waals surface area contributed by atoms with E-state index in [2.05, 4.69) is 15.1 Å². The van der Waals surface area contributed by atoms with E-state index in [1.807, 2.05) is 0 Å². The van der Waals surface area contributed by atoms with Gasteiger partial charge in [-0.05, 0) is 12.1 Å².